The molecule has 1 aliphatic heterocycles. The van der Waals surface area contributed by atoms with Crippen molar-refractivity contribution in [3.05, 3.63) is 60.5 Å². The molecule has 0 radical (unpaired) electrons. The van der Waals surface area contributed by atoms with Crippen molar-refractivity contribution in [3.63, 3.8) is 0 Å². The van der Waals surface area contributed by atoms with Gasteiger partial charge in [0, 0.05) is 0 Å². The molecule has 0 amide bonds. The van der Waals surface area contributed by atoms with Crippen molar-refractivity contribution in [2.45, 2.75) is 25.0 Å². The summed E-state index contributed by atoms with van der Waals surface area (Å²) in [5.74, 6) is 1.72. The maximum Gasteiger partial charge on any atom is 0.126 e. The Morgan fingerprint density at radius 3 is 1.79 bits per heavy atom. The molecule has 2 atom stereocenters. The van der Waals surface area contributed by atoms with Gasteiger partial charge in [0.1, 0.15) is 11.5 Å². The predicted molar refractivity (Wildman–Crippen MR) is 73.4 cm³/mol. The van der Waals surface area contributed by atoms with Crippen LogP contribution in [0.3, 0.4) is 0 Å². The molecule has 2 unspecified atom stereocenters. The lowest BCUT2D eigenvalue weighted by Gasteiger charge is -2.06. The summed E-state index contributed by atoms with van der Waals surface area (Å²) in [4.78, 5) is 0. The van der Waals surface area contributed by atoms with Gasteiger partial charge in [-0.15, -0.1) is 0 Å². The Morgan fingerprint density at radius 1 is 0.842 bits per heavy atom. The number of hydrogen-bond donors (Lipinski definition) is 0. The van der Waals surface area contributed by atoms with Gasteiger partial charge >= 0.3 is 0 Å². The third-order valence-electron chi connectivity index (χ3n) is 3.12. The molecule has 3 heteroatoms. The molecule has 1 aliphatic rings. The minimum Gasteiger partial charge on any atom is -0.465 e. The second-order valence-electron chi connectivity index (χ2n) is 4.54. The zero-order chi connectivity index (χ0) is 12.9. The average molecular weight is 256 g/mol. The Morgan fingerprint density at radius 2 is 1.37 bits per heavy atom. The van der Waals surface area contributed by atoms with Crippen LogP contribution in [0.4, 0.5) is 0 Å². The van der Waals surface area contributed by atoms with Crippen molar-refractivity contribution >= 4 is 12.2 Å². The van der Waals surface area contributed by atoms with Crippen LogP contribution in [0.15, 0.2) is 57.8 Å². The Kier molecular flexibility index (Phi) is 3.65. The molecule has 98 valence electrons. The number of hydrogen-bond acceptors (Lipinski definition) is 3. The summed E-state index contributed by atoms with van der Waals surface area (Å²) in [5, 5.41) is 0. The van der Waals surface area contributed by atoms with Gasteiger partial charge in [-0.05, 0) is 49.3 Å². The molecule has 3 rings (SSSR count). The summed E-state index contributed by atoms with van der Waals surface area (Å²) in [7, 11) is 0. The lowest BCUT2D eigenvalue weighted by molar-refractivity contribution is 0.101. The second-order valence-corrected chi connectivity index (χ2v) is 4.54. The van der Waals surface area contributed by atoms with Crippen LogP contribution in [0, 0.1) is 0 Å². The van der Waals surface area contributed by atoms with E-state index < -0.39 is 0 Å². The van der Waals surface area contributed by atoms with Crippen LogP contribution in [0.5, 0.6) is 0 Å². The summed E-state index contributed by atoms with van der Waals surface area (Å²) < 4.78 is 16.4. The summed E-state index contributed by atoms with van der Waals surface area (Å²) in [6.07, 6.45) is 13.8. The molecule has 2 aromatic heterocycles. The maximum atomic E-state index is 5.90. The van der Waals surface area contributed by atoms with Gasteiger partial charge in [-0.25, -0.2) is 0 Å². The van der Waals surface area contributed by atoms with E-state index in [1.54, 1.807) is 12.5 Å². The summed E-state index contributed by atoms with van der Waals surface area (Å²) in [6, 6.07) is 7.62. The van der Waals surface area contributed by atoms with E-state index in [2.05, 4.69) is 12.2 Å². The highest BCUT2D eigenvalue weighted by Gasteiger charge is 2.21. The molecule has 0 bridgehead atoms. The molecule has 1 fully saturated rings. The summed E-state index contributed by atoms with van der Waals surface area (Å²) in [5.41, 5.74) is 0. The summed E-state index contributed by atoms with van der Waals surface area (Å²) in [6.45, 7) is 0. The first-order chi connectivity index (χ1) is 9.40. The average Bonchev–Trinajstić information content (AvgIpc) is 3.16. The van der Waals surface area contributed by atoms with Crippen LogP contribution in [-0.4, -0.2) is 12.2 Å². The number of rotatable bonds is 4. The Balaban J connectivity index is 1.53. The molecule has 1 saturated heterocycles. The van der Waals surface area contributed by atoms with Crippen molar-refractivity contribution in [3.8, 4) is 0 Å². The molecular formula is C16H16O3. The third-order valence-corrected chi connectivity index (χ3v) is 3.12. The standard InChI is InChI=1S/C16H16O3/c1-3-13(17-11-1)5-7-15-9-10-16(19-15)8-6-14-4-2-12-18-14/h1-8,11-12,15-16H,9-10H2. The van der Waals surface area contributed by atoms with Crippen LogP contribution < -0.4 is 0 Å². The lowest BCUT2D eigenvalue weighted by Crippen LogP contribution is -2.05. The van der Waals surface area contributed by atoms with Crippen molar-refractivity contribution in [2.75, 3.05) is 0 Å². The fourth-order valence-electron chi connectivity index (χ4n) is 2.15. The maximum absolute atomic E-state index is 5.90. The molecule has 2 aromatic rings. The number of ether oxygens (including phenoxy) is 1. The first-order valence-corrected chi connectivity index (χ1v) is 6.49. The van der Waals surface area contributed by atoms with Gasteiger partial charge in [0.25, 0.3) is 0 Å². The molecule has 3 nitrogen and oxygen atoms in total. The lowest BCUT2D eigenvalue weighted by atomic mass is 10.1. The van der Waals surface area contributed by atoms with Gasteiger partial charge in [-0.1, -0.05) is 12.2 Å². The molecular weight excluding hydrogens is 240 g/mol. The van der Waals surface area contributed by atoms with Gasteiger partial charge in [0.05, 0.1) is 24.7 Å². The van der Waals surface area contributed by atoms with Crippen molar-refractivity contribution in [2.24, 2.45) is 0 Å². The fourth-order valence-corrected chi connectivity index (χ4v) is 2.15. The quantitative estimate of drug-likeness (QED) is 0.824. The molecule has 0 spiro atoms. The summed E-state index contributed by atoms with van der Waals surface area (Å²) >= 11 is 0. The van der Waals surface area contributed by atoms with Crippen LogP contribution in [0.25, 0.3) is 12.2 Å². The van der Waals surface area contributed by atoms with E-state index in [1.165, 1.54) is 0 Å². The van der Waals surface area contributed by atoms with Crippen molar-refractivity contribution in [1.82, 2.24) is 0 Å². The van der Waals surface area contributed by atoms with Gasteiger partial charge < -0.3 is 13.6 Å². The van der Waals surface area contributed by atoms with Crippen LogP contribution in [0.1, 0.15) is 24.4 Å². The SMILES string of the molecule is C(=CC1CCC(C=Cc2ccco2)O1)c1ccco1. The highest BCUT2D eigenvalue weighted by atomic mass is 16.5. The molecule has 19 heavy (non-hydrogen) atoms. The Bertz CT molecular complexity index is 484. The smallest absolute Gasteiger partial charge is 0.126 e. The Hall–Kier alpha value is -2.00. The third kappa shape index (κ3) is 3.26. The first kappa shape index (κ1) is 12.1. The van der Waals surface area contributed by atoms with Crippen LogP contribution in [-0.2, 0) is 4.74 Å². The van der Waals surface area contributed by atoms with E-state index in [1.807, 2.05) is 36.4 Å². The van der Waals surface area contributed by atoms with Crippen molar-refractivity contribution < 1.29 is 13.6 Å². The minimum absolute atomic E-state index is 0.163. The van der Waals surface area contributed by atoms with Crippen LogP contribution >= 0.6 is 0 Å². The highest BCUT2D eigenvalue weighted by Crippen LogP contribution is 2.23. The zero-order valence-corrected chi connectivity index (χ0v) is 10.6. The second kappa shape index (κ2) is 5.76. The molecule has 0 aromatic carbocycles. The first-order valence-electron chi connectivity index (χ1n) is 6.49. The van der Waals surface area contributed by atoms with E-state index in [4.69, 9.17) is 13.6 Å². The van der Waals surface area contributed by atoms with E-state index in [0.717, 1.165) is 24.4 Å². The van der Waals surface area contributed by atoms with Gasteiger partial charge in [-0.3, -0.25) is 0 Å². The normalized spacial score (nSPS) is 23.8. The largest absolute Gasteiger partial charge is 0.465 e. The molecule has 0 N–H and O–H groups in total. The Labute approximate surface area is 112 Å². The molecule has 3 heterocycles. The minimum atomic E-state index is 0.163. The van der Waals surface area contributed by atoms with Gasteiger partial charge in [0.15, 0.2) is 0 Å². The monoisotopic (exact) mass is 256 g/mol. The van der Waals surface area contributed by atoms with Crippen molar-refractivity contribution in [1.29, 1.82) is 0 Å². The highest BCUT2D eigenvalue weighted by molar-refractivity contribution is 5.44. The van der Waals surface area contributed by atoms with Gasteiger partial charge in [0.2, 0.25) is 0 Å². The van der Waals surface area contributed by atoms with Gasteiger partial charge in [-0.2, -0.15) is 0 Å². The molecule has 0 aliphatic carbocycles. The van der Waals surface area contributed by atoms with E-state index in [0.29, 0.717) is 0 Å². The van der Waals surface area contributed by atoms with Crippen LogP contribution in [0.2, 0.25) is 0 Å². The fraction of sp³-hybridized carbons (Fsp3) is 0.250. The topological polar surface area (TPSA) is 35.5 Å². The molecule has 0 saturated carbocycles. The zero-order valence-electron chi connectivity index (χ0n) is 10.6. The van der Waals surface area contributed by atoms with E-state index in [-0.39, 0.29) is 12.2 Å². The predicted octanol–water partition coefficient (Wildman–Crippen LogP) is 4.15. The van der Waals surface area contributed by atoms with E-state index in [9.17, 15) is 0 Å². The van der Waals surface area contributed by atoms with E-state index >= 15 is 0 Å². The number of furan rings is 2.